The van der Waals surface area contributed by atoms with E-state index in [9.17, 15) is 18.4 Å². The Labute approximate surface area is 238 Å². The van der Waals surface area contributed by atoms with Gasteiger partial charge in [-0.05, 0) is 56.6 Å². The highest BCUT2D eigenvalue weighted by molar-refractivity contribution is 6.31. The molecule has 2 fully saturated rings. The van der Waals surface area contributed by atoms with Gasteiger partial charge < -0.3 is 19.9 Å². The van der Waals surface area contributed by atoms with Crippen LogP contribution in [0.25, 0.3) is 16.9 Å². The Bertz CT molecular complexity index is 1610. The summed E-state index contributed by atoms with van der Waals surface area (Å²) >= 11 is 6.21. The number of alkyl halides is 2. The minimum Gasteiger partial charge on any atom is -0.434 e. The van der Waals surface area contributed by atoms with Crippen LogP contribution in [0, 0.1) is 5.92 Å². The van der Waals surface area contributed by atoms with Crippen LogP contribution in [0.2, 0.25) is 5.02 Å². The fourth-order valence-electron chi connectivity index (χ4n) is 5.70. The number of nitrogens with zero attached hydrogens (tertiary/aromatic N) is 7. The number of ether oxygens (including phenoxy) is 1. The molecule has 2 aliphatic heterocycles. The van der Waals surface area contributed by atoms with Crippen LogP contribution in [-0.2, 0) is 11.3 Å². The molecule has 2 unspecified atom stereocenters. The maximum Gasteiger partial charge on any atom is 0.387 e. The van der Waals surface area contributed by atoms with Crippen LogP contribution < -0.4 is 10.1 Å². The van der Waals surface area contributed by atoms with Crippen molar-refractivity contribution in [2.24, 2.45) is 5.92 Å². The number of amides is 2. The molecule has 3 aromatic heterocycles. The van der Waals surface area contributed by atoms with E-state index in [0.717, 1.165) is 19.4 Å². The lowest BCUT2D eigenvalue weighted by atomic mass is 9.93. The number of hydrogen-bond donors (Lipinski definition) is 1. The molecule has 14 heteroatoms. The molecular weight excluding hydrogens is 558 g/mol. The minimum atomic E-state index is -3.10. The maximum atomic E-state index is 13.3. The molecule has 41 heavy (non-hydrogen) atoms. The van der Waals surface area contributed by atoms with E-state index in [-0.39, 0.29) is 45.7 Å². The highest BCUT2D eigenvalue weighted by Gasteiger charge is 2.39. The van der Waals surface area contributed by atoms with Gasteiger partial charge in [0.15, 0.2) is 5.65 Å². The summed E-state index contributed by atoms with van der Waals surface area (Å²) in [6.07, 6.45) is 8.25. The topological polar surface area (TPSA) is 110 Å². The zero-order chi connectivity index (χ0) is 28.7. The van der Waals surface area contributed by atoms with Gasteiger partial charge in [0.2, 0.25) is 5.91 Å². The highest BCUT2D eigenvalue weighted by Crippen LogP contribution is 2.37. The number of piperidine rings is 1. The first-order chi connectivity index (χ1) is 19.8. The number of likely N-dealkylation sites (tertiary alicyclic amines) is 2. The zero-order valence-corrected chi connectivity index (χ0v) is 22.8. The van der Waals surface area contributed by atoms with Crippen LogP contribution in [-0.4, -0.2) is 85.3 Å². The Morgan fingerprint density at radius 2 is 2.12 bits per heavy atom. The van der Waals surface area contributed by atoms with E-state index in [1.165, 1.54) is 46.0 Å². The van der Waals surface area contributed by atoms with E-state index < -0.39 is 12.5 Å². The highest BCUT2D eigenvalue weighted by atomic mass is 35.5. The molecule has 2 saturated heterocycles. The molecule has 0 spiro atoms. The number of anilines is 1. The van der Waals surface area contributed by atoms with Crippen molar-refractivity contribution in [2.45, 2.75) is 32.0 Å². The van der Waals surface area contributed by atoms with Crippen molar-refractivity contribution < 1.29 is 23.1 Å². The summed E-state index contributed by atoms with van der Waals surface area (Å²) in [5.41, 5.74) is 0.947. The zero-order valence-electron chi connectivity index (χ0n) is 22.1. The summed E-state index contributed by atoms with van der Waals surface area (Å²) < 4.78 is 34.1. The van der Waals surface area contributed by atoms with Gasteiger partial charge in [-0.2, -0.15) is 19.0 Å². The van der Waals surface area contributed by atoms with Crippen LogP contribution in [0.1, 0.15) is 23.2 Å². The third-order valence-corrected chi connectivity index (χ3v) is 7.89. The fourth-order valence-corrected chi connectivity index (χ4v) is 5.88. The normalized spacial score (nSPS) is 19.1. The third kappa shape index (κ3) is 5.46. The third-order valence-electron chi connectivity index (χ3n) is 7.65. The van der Waals surface area contributed by atoms with E-state index >= 15 is 0 Å². The van der Waals surface area contributed by atoms with Crippen LogP contribution in [0.15, 0.2) is 49.1 Å². The Morgan fingerprint density at radius 3 is 2.93 bits per heavy atom. The number of carbonyl (C=O) groups is 2. The van der Waals surface area contributed by atoms with Crippen molar-refractivity contribution in [3.63, 3.8) is 0 Å². The number of likely N-dealkylation sites (N-methyl/N-ethyl adjacent to an activating group) is 1. The molecule has 214 valence electrons. The molecule has 0 radical (unpaired) electrons. The van der Waals surface area contributed by atoms with Crippen LogP contribution in [0.5, 0.6) is 5.75 Å². The summed E-state index contributed by atoms with van der Waals surface area (Å²) in [5, 5.41) is 11.7. The molecule has 2 atom stereocenters. The molecule has 2 aliphatic rings. The van der Waals surface area contributed by atoms with Gasteiger partial charge in [0.05, 0.1) is 11.9 Å². The summed E-state index contributed by atoms with van der Waals surface area (Å²) in [6.45, 7) is -0.873. The number of hydrogen-bond acceptors (Lipinski definition) is 7. The molecule has 11 nitrogen and oxygen atoms in total. The second-order valence-corrected chi connectivity index (χ2v) is 10.7. The summed E-state index contributed by atoms with van der Waals surface area (Å²) in [7, 11) is 2.09. The average Bonchev–Trinajstić information content (AvgIpc) is 3.67. The monoisotopic (exact) mass is 584 g/mol. The number of rotatable bonds is 7. The Balaban J connectivity index is 1.32. The Kier molecular flexibility index (Phi) is 7.30. The van der Waals surface area contributed by atoms with Gasteiger partial charge >= 0.3 is 6.61 Å². The van der Waals surface area contributed by atoms with E-state index in [0.29, 0.717) is 30.7 Å². The predicted molar refractivity (Wildman–Crippen MR) is 146 cm³/mol. The smallest absolute Gasteiger partial charge is 0.387 e. The van der Waals surface area contributed by atoms with Gasteiger partial charge in [0, 0.05) is 48.3 Å². The predicted octanol–water partition coefficient (Wildman–Crippen LogP) is 3.65. The average molecular weight is 585 g/mol. The lowest BCUT2D eigenvalue weighted by Gasteiger charge is -2.33. The molecule has 4 aromatic rings. The molecule has 0 saturated carbocycles. The number of aromatic nitrogens is 5. The second kappa shape index (κ2) is 11.1. The van der Waals surface area contributed by atoms with E-state index in [2.05, 4.69) is 32.4 Å². The fraction of sp³-hybridized carbons (Fsp3) is 0.370. The summed E-state index contributed by atoms with van der Waals surface area (Å²) in [6, 6.07) is 6.14. The summed E-state index contributed by atoms with van der Waals surface area (Å²) in [5.74, 6) is -0.418. The second-order valence-electron chi connectivity index (χ2n) is 10.3. The molecule has 0 aliphatic carbocycles. The van der Waals surface area contributed by atoms with E-state index in [1.54, 1.807) is 12.3 Å². The van der Waals surface area contributed by atoms with Gasteiger partial charge in [-0.1, -0.05) is 11.6 Å². The van der Waals surface area contributed by atoms with Crippen molar-refractivity contribution in [2.75, 3.05) is 32.0 Å². The number of halogens is 3. The van der Waals surface area contributed by atoms with Gasteiger partial charge in [0.1, 0.15) is 23.6 Å². The SMILES string of the molecule is CN1CCCC2CN(C(=O)Cn3cc(NC(=O)c4cnn5cccnc45)c(-c4cc(Cl)ccc4OC(F)F)n3)CC21. The van der Waals surface area contributed by atoms with Crippen molar-refractivity contribution in [1.82, 2.24) is 34.2 Å². The molecule has 5 heterocycles. The lowest BCUT2D eigenvalue weighted by Crippen LogP contribution is -2.42. The van der Waals surface area contributed by atoms with Crippen molar-refractivity contribution >= 4 is 34.7 Å². The molecule has 1 aromatic carbocycles. The first kappa shape index (κ1) is 27.1. The van der Waals surface area contributed by atoms with Crippen LogP contribution in [0.4, 0.5) is 14.5 Å². The van der Waals surface area contributed by atoms with Crippen molar-refractivity contribution in [3.8, 4) is 17.0 Å². The van der Waals surface area contributed by atoms with Gasteiger partial charge in [-0.25, -0.2) is 9.50 Å². The standard InChI is InChI=1S/C27H27ClF2N8O3/c1-35-8-2-4-16-12-36(14-21(16)35)23(39)15-37-13-20(33-26(40)19-11-32-38-9-3-7-31-25(19)38)24(34-37)18-10-17(28)5-6-22(18)41-27(29)30/h3,5-7,9-11,13,16,21,27H,2,4,8,12,14-15H2,1H3,(H,33,40). The van der Waals surface area contributed by atoms with Gasteiger partial charge in [-0.3, -0.25) is 14.3 Å². The molecule has 2 amide bonds. The van der Waals surface area contributed by atoms with Gasteiger partial charge in [-0.15, -0.1) is 0 Å². The molecule has 6 rings (SSSR count). The molecular formula is C27H27ClF2N8O3. The quantitative estimate of drug-likeness (QED) is 0.353. The Morgan fingerprint density at radius 1 is 1.27 bits per heavy atom. The number of nitrogens with one attached hydrogen (secondary N) is 1. The van der Waals surface area contributed by atoms with Crippen molar-refractivity contribution in [1.29, 1.82) is 0 Å². The Hall–Kier alpha value is -4.10. The largest absolute Gasteiger partial charge is 0.434 e. The van der Waals surface area contributed by atoms with Crippen molar-refractivity contribution in [3.05, 3.63) is 59.6 Å². The number of benzene rings is 1. The van der Waals surface area contributed by atoms with Crippen LogP contribution >= 0.6 is 11.6 Å². The van der Waals surface area contributed by atoms with E-state index in [1.807, 2.05) is 4.90 Å². The van der Waals surface area contributed by atoms with Gasteiger partial charge in [0.25, 0.3) is 5.91 Å². The number of fused-ring (bicyclic) bond motifs is 2. The minimum absolute atomic E-state index is 0.101. The van der Waals surface area contributed by atoms with Crippen LogP contribution in [0.3, 0.4) is 0 Å². The first-order valence-corrected chi connectivity index (χ1v) is 13.5. The summed E-state index contributed by atoms with van der Waals surface area (Å²) in [4.78, 5) is 35.0. The molecule has 0 bridgehead atoms. The molecule has 1 N–H and O–H groups in total. The first-order valence-electron chi connectivity index (χ1n) is 13.2. The lowest BCUT2D eigenvalue weighted by molar-refractivity contribution is -0.131. The number of carbonyl (C=O) groups excluding carboxylic acids is 2. The van der Waals surface area contributed by atoms with E-state index in [4.69, 9.17) is 16.3 Å². The maximum absolute atomic E-state index is 13.3.